The normalized spacial score (nSPS) is 11.7. The third kappa shape index (κ3) is 3.10. The van der Waals surface area contributed by atoms with Gasteiger partial charge in [-0.15, -0.1) is 0 Å². The number of halogens is 5. The van der Waals surface area contributed by atoms with Crippen LogP contribution >= 0.6 is 11.6 Å². The van der Waals surface area contributed by atoms with Gasteiger partial charge in [-0.1, -0.05) is 29.8 Å². The van der Waals surface area contributed by atoms with Crippen LogP contribution < -0.4 is 4.74 Å². The van der Waals surface area contributed by atoms with Crippen LogP contribution in [0.5, 0.6) is 17.2 Å². The molecule has 7 heteroatoms. The second-order valence-corrected chi connectivity index (χ2v) is 5.44. The first-order valence-electron chi connectivity index (χ1n) is 6.71. The summed E-state index contributed by atoms with van der Waals surface area (Å²) < 4.78 is 57.4. The van der Waals surface area contributed by atoms with Crippen molar-refractivity contribution in [3.05, 3.63) is 64.9 Å². The van der Waals surface area contributed by atoms with E-state index >= 15 is 0 Å². The predicted molar refractivity (Wildman–Crippen MR) is 82.1 cm³/mol. The van der Waals surface area contributed by atoms with E-state index in [1.165, 1.54) is 18.2 Å². The monoisotopic (exact) mass is 356 g/mol. The minimum absolute atomic E-state index is 0.0301. The van der Waals surface area contributed by atoms with Gasteiger partial charge in [-0.05, 0) is 35.7 Å². The number of aromatic hydroxyl groups is 1. The zero-order valence-electron chi connectivity index (χ0n) is 11.9. The van der Waals surface area contributed by atoms with Crippen molar-refractivity contribution in [2.24, 2.45) is 0 Å². The molecule has 1 N–H and O–H groups in total. The molecule has 0 aliphatic carbocycles. The minimum Gasteiger partial charge on any atom is -0.508 e. The lowest BCUT2D eigenvalue weighted by Crippen LogP contribution is -2.06. The predicted octanol–water partition coefficient (Wildman–Crippen LogP) is 6.15. The van der Waals surface area contributed by atoms with E-state index in [0.29, 0.717) is 22.9 Å². The highest BCUT2D eigenvalue weighted by Gasteiger charge is 2.32. The van der Waals surface area contributed by atoms with Gasteiger partial charge in [-0.25, -0.2) is 4.39 Å². The molecule has 0 spiro atoms. The van der Waals surface area contributed by atoms with Crippen LogP contribution in [0, 0.1) is 5.82 Å². The highest BCUT2D eigenvalue weighted by Crippen LogP contribution is 2.40. The minimum atomic E-state index is -4.71. The summed E-state index contributed by atoms with van der Waals surface area (Å²) in [5.41, 5.74) is -1.20. The standard InChI is InChI=1S/C17H9ClF4O2/c18-13-6-10(17(20,21)22)7-14(19)16(13)24-15-3-1-2-9-4-5-11(23)8-12(9)15/h1-8,23H. The van der Waals surface area contributed by atoms with Crippen LogP contribution in [0.4, 0.5) is 17.6 Å². The number of benzene rings is 3. The average molecular weight is 357 g/mol. The van der Waals surface area contributed by atoms with E-state index in [2.05, 4.69) is 0 Å². The molecule has 0 bridgehead atoms. The van der Waals surface area contributed by atoms with Crippen LogP contribution in [0.1, 0.15) is 5.56 Å². The number of alkyl halides is 3. The van der Waals surface area contributed by atoms with E-state index in [0.717, 1.165) is 0 Å². The SMILES string of the molecule is Oc1ccc2cccc(Oc3c(F)cc(C(F)(F)F)cc3Cl)c2c1. The molecule has 0 aromatic heterocycles. The van der Waals surface area contributed by atoms with Gasteiger partial charge in [0.2, 0.25) is 0 Å². The van der Waals surface area contributed by atoms with Crippen LogP contribution in [0.3, 0.4) is 0 Å². The van der Waals surface area contributed by atoms with Crippen LogP contribution in [-0.4, -0.2) is 5.11 Å². The summed E-state index contributed by atoms with van der Waals surface area (Å²) in [6, 6.07) is 10.3. The molecule has 0 saturated heterocycles. The maximum atomic E-state index is 14.0. The van der Waals surface area contributed by atoms with Gasteiger partial charge in [0, 0.05) is 5.39 Å². The Balaban J connectivity index is 2.08. The third-order valence-electron chi connectivity index (χ3n) is 3.36. The molecule has 0 radical (unpaired) electrons. The zero-order chi connectivity index (χ0) is 17.5. The summed E-state index contributed by atoms with van der Waals surface area (Å²) in [6.07, 6.45) is -4.71. The fourth-order valence-corrected chi connectivity index (χ4v) is 2.50. The molecule has 0 saturated carbocycles. The first kappa shape index (κ1) is 16.4. The van der Waals surface area contributed by atoms with Gasteiger partial charge in [-0.2, -0.15) is 13.2 Å². The highest BCUT2D eigenvalue weighted by molar-refractivity contribution is 6.32. The number of fused-ring (bicyclic) bond motifs is 1. The molecular formula is C17H9ClF4O2. The Hall–Kier alpha value is -2.47. The van der Waals surface area contributed by atoms with Crippen molar-refractivity contribution in [2.45, 2.75) is 6.18 Å². The van der Waals surface area contributed by atoms with Gasteiger partial charge in [0.15, 0.2) is 11.6 Å². The Bertz CT molecular complexity index is 899. The first-order valence-corrected chi connectivity index (χ1v) is 7.09. The van der Waals surface area contributed by atoms with Crippen LogP contribution in [0.15, 0.2) is 48.5 Å². The topological polar surface area (TPSA) is 29.5 Å². The molecule has 0 heterocycles. The quantitative estimate of drug-likeness (QED) is 0.558. The summed E-state index contributed by atoms with van der Waals surface area (Å²) in [7, 11) is 0. The lowest BCUT2D eigenvalue weighted by molar-refractivity contribution is -0.137. The molecule has 0 aliphatic rings. The Morgan fingerprint density at radius 2 is 1.75 bits per heavy atom. The zero-order valence-corrected chi connectivity index (χ0v) is 12.6. The second kappa shape index (κ2) is 5.87. The van der Waals surface area contributed by atoms with Crippen molar-refractivity contribution < 1.29 is 27.4 Å². The summed E-state index contributed by atoms with van der Waals surface area (Å²) in [4.78, 5) is 0. The van der Waals surface area contributed by atoms with Crippen molar-refractivity contribution in [2.75, 3.05) is 0 Å². The van der Waals surface area contributed by atoms with Crippen molar-refractivity contribution in [1.82, 2.24) is 0 Å². The van der Waals surface area contributed by atoms with Gasteiger partial charge < -0.3 is 9.84 Å². The van der Waals surface area contributed by atoms with Crippen molar-refractivity contribution in [1.29, 1.82) is 0 Å². The number of phenolic OH excluding ortho intramolecular Hbond substituents is 1. The number of hydrogen-bond donors (Lipinski definition) is 1. The average Bonchev–Trinajstić information content (AvgIpc) is 2.50. The van der Waals surface area contributed by atoms with E-state index in [9.17, 15) is 22.7 Å². The fraction of sp³-hybridized carbons (Fsp3) is 0.0588. The van der Waals surface area contributed by atoms with E-state index < -0.39 is 28.3 Å². The summed E-state index contributed by atoms with van der Waals surface area (Å²) in [5.74, 6) is -1.62. The van der Waals surface area contributed by atoms with Gasteiger partial charge in [0.25, 0.3) is 0 Å². The van der Waals surface area contributed by atoms with Gasteiger partial charge >= 0.3 is 6.18 Å². The molecule has 3 rings (SSSR count). The van der Waals surface area contributed by atoms with Crippen LogP contribution in [0.25, 0.3) is 10.8 Å². The molecule has 0 amide bonds. The third-order valence-corrected chi connectivity index (χ3v) is 3.64. The molecule has 0 unspecified atom stereocenters. The molecule has 0 aliphatic heterocycles. The van der Waals surface area contributed by atoms with Gasteiger partial charge in [-0.3, -0.25) is 0 Å². The van der Waals surface area contributed by atoms with Crippen molar-refractivity contribution in [3.63, 3.8) is 0 Å². The van der Waals surface area contributed by atoms with Crippen LogP contribution in [0.2, 0.25) is 5.02 Å². The molecular weight excluding hydrogens is 348 g/mol. The summed E-state index contributed by atoms with van der Waals surface area (Å²) in [6.45, 7) is 0. The lowest BCUT2D eigenvalue weighted by Gasteiger charge is -2.14. The van der Waals surface area contributed by atoms with E-state index in [1.807, 2.05) is 0 Å². The molecule has 2 nitrogen and oxygen atoms in total. The molecule has 0 fully saturated rings. The maximum Gasteiger partial charge on any atom is 0.416 e. The van der Waals surface area contributed by atoms with Crippen molar-refractivity contribution >= 4 is 22.4 Å². The lowest BCUT2D eigenvalue weighted by atomic mass is 10.1. The first-order chi connectivity index (χ1) is 11.3. The summed E-state index contributed by atoms with van der Waals surface area (Å²) >= 11 is 5.76. The number of phenols is 1. The second-order valence-electron chi connectivity index (χ2n) is 5.03. The molecule has 3 aromatic carbocycles. The summed E-state index contributed by atoms with van der Waals surface area (Å²) in [5, 5.41) is 10.2. The molecule has 3 aromatic rings. The molecule has 24 heavy (non-hydrogen) atoms. The number of rotatable bonds is 2. The Morgan fingerprint density at radius 3 is 2.42 bits per heavy atom. The molecule has 0 atom stereocenters. The van der Waals surface area contributed by atoms with E-state index in [4.69, 9.17) is 16.3 Å². The largest absolute Gasteiger partial charge is 0.508 e. The Morgan fingerprint density at radius 1 is 1.00 bits per heavy atom. The Kier molecular flexibility index (Phi) is 4.01. The van der Waals surface area contributed by atoms with Gasteiger partial charge in [0.1, 0.15) is 11.5 Å². The fourth-order valence-electron chi connectivity index (χ4n) is 2.25. The van der Waals surface area contributed by atoms with E-state index in [1.54, 1.807) is 18.2 Å². The highest BCUT2D eigenvalue weighted by atomic mass is 35.5. The maximum absolute atomic E-state index is 14.0. The van der Waals surface area contributed by atoms with Crippen LogP contribution in [-0.2, 0) is 6.18 Å². The van der Waals surface area contributed by atoms with Gasteiger partial charge in [0.05, 0.1) is 10.6 Å². The smallest absolute Gasteiger partial charge is 0.416 e. The molecule has 124 valence electrons. The number of hydrogen-bond acceptors (Lipinski definition) is 2. The van der Waals surface area contributed by atoms with Crippen molar-refractivity contribution in [3.8, 4) is 17.2 Å². The van der Waals surface area contributed by atoms with E-state index in [-0.39, 0.29) is 11.5 Å². The number of ether oxygens (including phenoxy) is 1. The Labute approximate surface area is 138 Å².